The van der Waals surface area contributed by atoms with Crippen molar-refractivity contribution >= 4 is 18.0 Å². The molecule has 2 amide bonds. The number of ether oxygens (including phenoxy) is 2. The fraction of sp³-hybridized carbons (Fsp3) is 0.370. The van der Waals surface area contributed by atoms with Crippen molar-refractivity contribution < 1.29 is 29.0 Å². The minimum absolute atomic E-state index is 0.0377. The third-order valence-electron chi connectivity index (χ3n) is 6.75. The number of allylic oxidation sites excluding steroid dienone is 1. The lowest BCUT2D eigenvalue weighted by atomic mass is 9.90. The van der Waals surface area contributed by atoms with Crippen LogP contribution in [-0.4, -0.2) is 55.0 Å². The first kappa shape index (κ1) is 24.5. The number of hydrogen-bond donors (Lipinski definition) is 3. The molecule has 0 fully saturated rings. The Kier molecular flexibility index (Phi) is 7.51. The maximum absolute atomic E-state index is 12.7. The molecule has 0 aliphatic heterocycles. The maximum atomic E-state index is 12.7. The average Bonchev–Trinajstić information content (AvgIpc) is 3.19. The molecular formula is C27H30N2O6. The average molecular weight is 479 g/mol. The van der Waals surface area contributed by atoms with Crippen LogP contribution in [0.15, 0.2) is 60.7 Å². The van der Waals surface area contributed by atoms with Crippen LogP contribution in [0, 0.1) is 5.92 Å². The second-order valence-corrected chi connectivity index (χ2v) is 8.94. The molecular weight excluding hydrogens is 448 g/mol. The zero-order chi connectivity index (χ0) is 24.9. The molecule has 8 heteroatoms. The van der Waals surface area contributed by atoms with Crippen LogP contribution in [0.5, 0.6) is 0 Å². The highest BCUT2D eigenvalue weighted by Gasteiger charge is 2.32. The van der Waals surface area contributed by atoms with Crippen LogP contribution >= 0.6 is 0 Å². The summed E-state index contributed by atoms with van der Waals surface area (Å²) in [5.41, 5.74) is 4.58. The number of hydrogen-bond acceptors (Lipinski definition) is 5. The molecule has 4 unspecified atom stereocenters. The fourth-order valence-corrected chi connectivity index (χ4v) is 4.79. The molecule has 2 aliphatic rings. The van der Waals surface area contributed by atoms with Crippen molar-refractivity contribution in [2.45, 2.75) is 43.9 Å². The number of alkyl carbamates (subject to hydrolysis) is 1. The summed E-state index contributed by atoms with van der Waals surface area (Å²) in [4.78, 5) is 36.8. The summed E-state index contributed by atoms with van der Waals surface area (Å²) in [6.07, 6.45) is 3.22. The van der Waals surface area contributed by atoms with E-state index in [2.05, 4.69) is 34.9 Å². The van der Waals surface area contributed by atoms with E-state index in [4.69, 9.17) is 9.47 Å². The van der Waals surface area contributed by atoms with Crippen LogP contribution in [0.2, 0.25) is 0 Å². The molecule has 2 aromatic carbocycles. The van der Waals surface area contributed by atoms with E-state index in [-0.39, 0.29) is 18.4 Å². The number of nitrogens with one attached hydrogen (secondary N) is 2. The molecule has 0 aromatic heterocycles. The quantitative estimate of drug-likeness (QED) is 0.501. The number of benzene rings is 2. The lowest BCUT2D eigenvalue weighted by Crippen LogP contribution is -2.51. The van der Waals surface area contributed by atoms with E-state index in [0.717, 1.165) is 22.3 Å². The van der Waals surface area contributed by atoms with Gasteiger partial charge >= 0.3 is 12.1 Å². The van der Waals surface area contributed by atoms with Gasteiger partial charge in [0.1, 0.15) is 6.61 Å². The fourth-order valence-electron chi connectivity index (χ4n) is 4.79. The Labute approximate surface area is 204 Å². The largest absolute Gasteiger partial charge is 0.480 e. The number of rotatable bonds is 8. The molecule has 4 atom stereocenters. The third kappa shape index (κ3) is 5.38. The first-order valence-corrected chi connectivity index (χ1v) is 11.7. The van der Waals surface area contributed by atoms with Gasteiger partial charge in [-0.25, -0.2) is 9.59 Å². The minimum atomic E-state index is -1.16. The summed E-state index contributed by atoms with van der Waals surface area (Å²) in [7, 11) is 1.39. The van der Waals surface area contributed by atoms with E-state index in [1.807, 2.05) is 36.4 Å². The summed E-state index contributed by atoms with van der Waals surface area (Å²) in [6, 6.07) is 14.7. The highest BCUT2D eigenvalue weighted by molar-refractivity contribution is 5.85. The molecule has 3 N–H and O–H groups in total. The van der Waals surface area contributed by atoms with Crippen LogP contribution in [0.1, 0.15) is 36.8 Å². The number of amides is 2. The first-order chi connectivity index (χ1) is 16.9. The summed E-state index contributed by atoms with van der Waals surface area (Å²) < 4.78 is 10.7. The molecule has 8 nitrogen and oxygen atoms in total. The van der Waals surface area contributed by atoms with Gasteiger partial charge in [0.15, 0.2) is 6.04 Å². The normalized spacial score (nSPS) is 20.3. The molecule has 2 aliphatic carbocycles. The first-order valence-electron chi connectivity index (χ1n) is 11.7. The Morgan fingerprint density at radius 2 is 1.69 bits per heavy atom. The van der Waals surface area contributed by atoms with E-state index < -0.39 is 36.2 Å². The Hall–Kier alpha value is -3.65. The number of carboxylic acid groups (broad SMARTS) is 1. The predicted molar refractivity (Wildman–Crippen MR) is 130 cm³/mol. The van der Waals surface area contributed by atoms with Crippen molar-refractivity contribution in [3.63, 3.8) is 0 Å². The second-order valence-electron chi connectivity index (χ2n) is 8.94. The van der Waals surface area contributed by atoms with Crippen molar-refractivity contribution in [2.75, 3.05) is 13.7 Å². The van der Waals surface area contributed by atoms with Crippen molar-refractivity contribution in [3.8, 4) is 11.1 Å². The number of fused-ring (bicyclic) bond motifs is 3. The Morgan fingerprint density at radius 1 is 1.06 bits per heavy atom. The highest BCUT2D eigenvalue weighted by Crippen LogP contribution is 2.44. The number of methoxy groups -OCH3 is 1. The van der Waals surface area contributed by atoms with Crippen molar-refractivity contribution in [3.05, 3.63) is 71.8 Å². The standard InChI is InChI=1S/C27H30N2O6/c1-16(34-2)24(26(31)32)29-25(30)17-8-7-9-18(14-17)28-27(33)35-15-23-21-12-5-3-10-19(21)20-11-4-6-13-22(20)23/h3-7,9-13,16-18,23-24H,8,14-15H2,1-2H3,(H,28,33)(H,29,30)(H,31,32). The van der Waals surface area contributed by atoms with E-state index in [1.54, 1.807) is 6.92 Å². The summed E-state index contributed by atoms with van der Waals surface area (Å²) in [6.45, 7) is 1.79. The molecule has 0 saturated carbocycles. The van der Waals surface area contributed by atoms with Gasteiger partial charge in [0, 0.05) is 18.9 Å². The highest BCUT2D eigenvalue weighted by atomic mass is 16.5. The van der Waals surface area contributed by atoms with E-state index in [9.17, 15) is 19.5 Å². The molecule has 2 aromatic rings. The lowest BCUT2D eigenvalue weighted by Gasteiger charge is -2.27. The zero-order valence-electron chi connectivity index (χ0n) is 19.8. The molecule has 0 spiro atoms. The molecule has 0 saturated heterocycles. The lowest BCUT2D eigenvalue weighted by molar-refractivity contribution is -0.146. The Morgan fingerprint density at radius 3 is 2.29 bits per heavy atom. The van der Waals surface area contributed by atoms with Gasteiger partial charge in [-0.05, 0) is 42.0 Å². The molecule has 4 rings (SSSR count). The molecule has 184 valence electrons. The van der Waals surface area contributed by atoms with Gasteiger partial charge in [0.05, 0.1) is 12.1 Å². The topological polar surface area (TPSA) is 114 Å². The van der Waals surface area contributed by atoms with Crippen LogP contribution in [0.25, 0.3) is 11.1 Å². The van der Waals surface area contributed by atoms with Gasteiger partial charge < -0.3 is 25.2 Å². The van der Waals surface area contributed by atoms with Crippen molar-refractivity contribution in [1.82, 2.24) is 10.6 Å². The number of aliphatic carboxylic acids is 1. The van der Waals surface area contributed by atoms with Gasteiger partial charge in [-0.2, -0.15) is 0 Å². The predicted octanol–water partition coefficient (Wildman–Crippen LogP) is 3.46. The van der Waals surface area contributed by atoms with E-state index in [1.165, 1.54) is 7.11 Å². The maximum Gasteiger partial charge on any atom is 0.407 e. The monoisotopic (exact) mass is 478 g/mol. The second kappa shape index (κ2) is 10.7. The van der Waals surface area contributed by atoms with Gasteiger partial charge in [-0.1, -0.05) is 60.7 Å². The van der Waals surface area contributed by atoms with Crippen LogP contribution in [0.3, 0.4) is 0 Å². The molecule has 0 bridgehead atoms. The van der Waals surface area contributed by atoms with Crippen LogP contribution in [-0.2, 0) is 19.1 Å². The molecule has 35 heavy (non-hydrogen) atoms. The molecule has 0 radical (unpaired) electrons. The summed E-state index contributed by atoms with van der Waals surface area (Å²) >= 11 is 0. The molecule has 0 heterocycles. The van der Waals surface area contributed by atoms with E-state index in [0.29, 0.717) is 12.8 Å². The summed E-state index contributed by atoms with van der Waals surface area (Å²) in [5, 5.41) is 14.7. The summed E-state index contributed by atoms with van der Waals surface area (Å²) in [5.74, 6) is -2.05. The van der Waals surface area contributed by atoms with E-state index >= 15 is 0 Å². The van der Waals surface area contributed by atoms with Gasteiger partial charge in [-0.15, -0.1) is 0 Å². The minimum Gasteiger partial charge on any atom is -0.480 e. The van der Waals surface area contributed by atoms with Crippen LogP contribution in [0.4, 0.5) is 4.79 Å². The Balaban J connectivity index is 1.33. The number of carboxylic acids is 1. The third-order valence-corrected chi connectivity index (χ3v) is 6.75. The Bertz CT molecular complexity index is 1080. The van der Waals surface area contributed by atoms with Crippen LogP contribution < -0.4 is 10.6 Å². The number of carbonyl (C=O) groups is 3. The number of carbonyl (C=O) groups excluding carboxylic acids is 2. The SMILES string of the molecule is COC(C)C(NC(=O)C1CC=CC(NC(=O)OCC2c3ccccc3-c3ccccc32)C1)C(=O)O. The van der Waals surface area contributed by atoms with Crippen molar-refractivity contribution in [1.29, 1.82) is 0 Å². The smallest absolute Gasteiger partial charge is 0.407 e. The zero-order valence-corrected chi connectivity index (χ0v) is 19.8. The van der Waals surface area contributed by atoms with Crippen molar-refractivity contribution in [2.24, 2.45) is 5.92 Å². The van der Waals surface area contributed by atoms with Gasteiger partial charge in [-0.3, -0.25) is 4.79 Å². The van der Waals surface area contributed by atoms with Gasteiger partial charge in [0.25, 0.3) is 0 Å². The van der Waals surface area contributed by atoms with Gasteiger partial charge in [0.2, 0.25) is 5.91 Å².